The third-order valence-corrected chi connectivity index (χ3v) is 14.0. The van der Waals surface area contributed by atoms with Gasteiger partial charge in [0.15, 0.2) is 11.8 Å². The summed E-state index contributed by atoms with van der Waals surface area (Å²) >= 11 is 1.19. The maximum absolute atomic E-state index is 13.4. The fourth-order valence-electron chi connectivity index (χ4n) is 8.61. The van der Waals surface area contributed by atoms with Crippen LogP contribution in [0.25, 0.3) is 12.2 Å². The van der Waals surface area contributed by atoms with Crippen LogP contribution in [0.5, 0.6) is 0 Å². The number of amides is 7. The maximum atomic E-state index is 13.4. The molecule has 7 rings (SSSR count). The van der Waals surface area contributed by atoms with Gasteiger partial charge in [-0.1, -0.05) is 54.6 Å². The molecule has 0 aliphatic carbocycles. The van der Waals surface area contributed by atoms with E-state index >= 15 is 0 Å². The molecule has 7 amide bonds. The number of aliphatic carboxylic acids is 1. The fourth-order valence-corrected chi connectivity index (χ4v) is 9.65. The normalized spacial score (nSPS) is 16.2. The summed E-state index contributed by atoms with van der Waals surface area (Å²) in [6.45, 7) is 2.00. The molecule has 1 aromatic heterocycles. The molecule has 4 heterocycles. The molecular weight excluding hydrogens is 1040 g/mol. The highest BCUT2D eigenvalue weighted by Gasteiger charge is 2.38. The number of rotatable bonds is 28. The number of nitrogens with two attached hydrogens (primary N) is 2. The zero-order valence-electron chi connectivity index (χ0n) is 43.7. The van der Waals surface area contributed by atoms with Crippen molar-refractivity contribution in [3.05, 3.63) is 113 Å². The number of hydrogen-bond donors (Lipinski definition) is 8. The SMILES string of the molecule is CN(Cc1cnc2c(n1)C(N)NC(N)=N2)c1ccc(C(=O)N[C@@H](CCC(=O)NCCSC2CC(=O)N(CCC(=O)NCCOCCOCCC(=O)NCCC(=O)N3Cc4ccccc4/C=C\c4ccccc43)C2=O)C(=O)O)cc1. The molecule has 0 radical (unpaired) electrons. The Hall–Kier alpha value is -8.26. The maximum Gasteiger partial charge on any atom is 0.326 e. The van der Waals surface area contributed by atoms with Gasteiger partial charge in [0.05, 0.1) is 62.3 Å². The van der Waals surface area contributed by atoms with Crippen molar-refractivity contribution in [3.8, 4) is 0 Å². The number of anilines is 2. The molecule has 79 heavy (non-hydrogen) atoms. The van der Waals surface area contributed by atoms with Crippen molar-refractivity contribution in [2.75, 3.05) is 75.2 Å². The average Bonchev–Trinajstić information content (AvgIpc) is 3.71. The lowest BCUT2D eigenvalue weighted by Crippen LogP contribution is -2.42. The Kier molecular flexibility index (Phi) is 21.4. The number of nitrogens with one attached hydrogen (secondary N) is 5. The number of ether oxygens (including phenoxy) is 2. The number of imide groups is 1. The number of fused-ring (bicyclic) bond motifs is 3. The first-order valence-corrected chi connectivity index (χ1v) is 26.8. The number of thioether (sulfide) groups is 1. The number of carbonyl (C=O) groups excluding carboxylic acids is 7. The Morgan fingerprint density at radius 2 is 1.52 bits per heavy atom. The molecule has 3 aromatic carbocycles. The molecule has 3 aliphatic rings. The molecule has 3 aliphatic heterocycles. The number of carboxylic acids is 1. The molecule has 1 fully saturated rings. The summed E-state index contributed by atoms with van der Waals surface area (Å²) in [5.41, 5.74) is 17.6. The molecule has 0 spiro atoms. The number of nitrogens with zero attached hydrogens (tertiary/aromatic N) is 6. The highest BCUT2D eigenvalue weighted by Crippen LogP contribution is 2.30. The highest BCUT2D eigenvalue weighted by atomic mass is 32.2. The third-order valence-electron chi connectivity index (χ3n) is 12.8. The molecule has 0 bridgehead atoms. The summed E-state index contributed by atoms with van der Waals surface area (Å²) in [6, 6.07) is 20.8. The summed E-state index contributed by atoms with van der Waals surface area (Å²) in [6.07, 6.45) is 4.69. The predicted octanol–water partition coefficient (Wildman–Crippen LogP) is 1.71. The second-order valence-electron chi connectivity index (χ2n) is 18.5. The average molecular weight is 1100 g/mol. The molecule has 4 aromatic rings. The second-order valence-corrected chi connectivity index (χ2v) is 19.8. The Morgan fingerprint density at radius 1 is 0.835 bits per heavy atom. The zero-order valence-corrected chi connectivity index (χ0v) is 44.5. The lowest BCUT2D eigenvalue weighted by atomic mass is 10.0. The van der Waals surface area contributed by atoms with Crippen LogP contribution in [0.4, 0.5) is 17.2 Å². The molecular formula is C54H65N13O11S. The van der Waals surface area contributed by atoms with Gasteiger partial charge >= 0.3 is 5.97 Å². The minimum atomic E-state index is -1.34. The molecule has 1 saturated heterocycles. The van der Waals surface area contributed by atoms with Gasteiger partial charge in [-0.2, -0.15) is 4.99 Å². The van der Waals surface area contributed by atoms with Crippen LogP contribution >= 0.6 is 11.8 Å². The molecule has 418 valence electrons. The molecule has 10 N–H and O–H groups in total. The minimum absolute atomic E-state index is 0.0476. The van der Waals surface area contributed by atoms with Crippen LogP contribution in [0.3, 0.4) is 0 Å². The van der Waals surface area contributed by atoms with E-state index in [-0.39, 0.29) is 120 Å². The standard InChI is InChI=1S/C54H65N13O11S/c1-65(33-38-31-60-50-48(61-38)49(55)63-54(56)64-50)39-14-12-36(13-15-39)51(73)62-40(53(75)76)16-17-43(68)59-23-29-79-42-30-47(72)66(52(42)74)24-19-44(69)58-22-26-78-28-27-77-25-20-45(70)57-21-18-46(71)67-32-37-8-3-2-6-34(37)10-11-35-7-4-5-9-41(35)67/h2-15,31,40,42,49H,16-30,32-33,55H2,1H3,(H,57,70)(H,58,69)(H,59,68)(H,62,73)(H,75,76)(H3,56,60,63,64)/b11-10-/t40-,42?,49?/m0/s1. The van der Waals surface area contributed by atoms with Crippen LogP contribution in [0, 0.1) is 0 Å². The number of carboxylic acid groups (broad SMARTS) is 1. The number of hydrogen-bond acceptors (Lipinski definition) is 18. The molecule has 2 unspecified atom stereocenters. The topological polar surface area (TPSA) is 335 Å². The number of aliphatic imine (C=N–C) groups is 1. The smallest absolute Gasteiger partial charge is 0.326 e. The van der Waals surface area contributed by atoms with E-state index in [0.29, 0.717) is 36.0 Å². The number of likely N-dealkylation sites (tertiary alicyclic amines) is 1. The Bertz CT molecular complexity index is 2920. The van der Waals surface area contributed by atoms with Crippen LogP contribution in [-0.2, 0) is 56.1 Å². The minimum Gasteiger partial charge on any atom is -0.480 e. The van der Waals surface area contributed by atoms with E-state index < -0.39 is 47.1 Å². The van der Waals surface area contributed by atoms with Crippen LogP contribution in [0.15, 0.2) is 84.0 Å². The lowest BCUT2D eigenvalue weighted by Gasteiger charge is -2.27. The molecule has 0 saturated carbocycles. The van der Waals surface area contributed by atoms with E-state index in [1.54, 1.807) is 35.4 Å². The monoisotopic (exact) mass is 1100 g/mol. The molecule has 25 heteroatoms. The van der Waals surface area contributed by atoms with Crippen molar-refractivity contribution in [2.45, 2.75) is 69.1 Å². The quantitative estimate of drug-likeness (QED) is 0.0296. The fraction of sp³-hybridized carbons (Fsp3) is 0.389. The van der Waals surface area contributed by atoms with E-state index in [1.807, 2.05) is 66.6 Å². The first-order chi connectivity index (χ1) is 38.1. The predicted molar refractivity (Wildman–Crippen MR) is 295 cm³/mol. The molecule has 24 nitrogen and oxygen atoms in total. The summed E-state index contributed by atoms with van der Waals surface area (Å²) in [4.78, 5) is 119. The second kappa shape index (κ2) is 28.9. The van der Waals surface area contributed by atoms with E-state index in [1.165, 1.54) is 11.8 Å². The van der Waals surface area contributed by atoms with Crippen LogP contribution in [-0.4, -0.2) is 150 Å². The van der Waals surface area contributed by atoms with E-state index in [9.17, 15) is 43.5 Å². The largest absolute Gasteiger partial charge is 0.480 e. The van der Waals surface area contributed by atoms with Gasteiger partial charge in [-0.3, -0.25) is 38.5 Å². The van der Waals surface area contributed by atoms with Crippen molar-refractivity contribution >= 4 is 94.4 Å². The highest BCUT2D eigenvalue weighted by molar-refractivity contribution is 8.00. The van der Waals surface area contributed by atoms with Gasteiger partial charge in [0.2, 0.25) is 35.4 Å². The van der Waals surface area contributed by atoms with Crippen molar-refractivity contribution < 1.29 is 52.9 Å². The van der Waals surface area contributed by atoms with Crippen LogP contribution in [0.2, 0.25) is 0 Å². The summed E-state index contributed by atoms with van der Waals surface area (Å²) in [7, 11) is 1.82. The summed E-state index contributed by atoms with van der Waals surface area (Å²) < 4.78 is 11.0. The van der Waals surface area contributed by atoms with E-state index in [0.717, 1.165) is 33.0 Å². The Balaban J connectivity index is 0.689. The van der Waals surface area contributed by atoms with Crippen LogP contribution < -0.4 is 47.9 Å². The van der Waals surface area contributed by atoms with Crippen molar-refractivity contribution in [2.24, 2.45) is 16.5 Å². The lowest BCUT2D eigenvalue weighted by molar-refractivity contribution is -0.140. The van der Waals surface area contributed by atoms with Gasteiger partial charge in [0.1, 0.15) is 17.9 Å². The number of benzene rings is 3. The van der Waals surface area contributed by atoms with Gasteiger partial charge in [-0.15, -0.1) is 11.8 Å². The number of aromatic nitrogens is 2. The number of guanidine groups is 1. The van der Waals surface area contributed by atoms with Gasteiger partial charge in [-0.05, 0) is 53.4 Å². The van der Waals surface area contributed by atoms with Crippen molar-refractivity contribution in [1.29, 1.82) is 0 Å². The van der Waals surface area contributed by atoms with Crippen LogP contribution in [0.1, 0.15) is 83.1 Å². The van der Waals surface area contributed by atoms with Gasteiger partial charge < -0.3 is 62.4 Å². The summed E-state index contributed by atoms with van der Waals surface area (Å²) in [5, 5.41) is 22.5. The third kappa shape index (κ3) is 17.1. The van der Waals surface area contributed by atoms with Crippen molar-refractivity contribution in [3.63, 3.8) is 0 Å². The Morgan fingerprint density at radius 3 is 2.30 bits per heavy atom. The first-order valence-electron chi connectivity index (χ1n) is 25.8. The number of carbonyl (C=O) groups is 8. The van der Waals surface area contributed by atoms with Gasteiger partial charge in [0.25, 0.3) is 5.91 Å². The van der Waals surface area contributed by atoms with E-state index in [2.05, 4.69) is 47.6 Å². The first kappa shape index (κ1) is 58.4. The van der Waals surface area contributed by atoms with Gasteiger partial charge in [-0.25, -0.2) is 14.8 Å². The van der Waals surface area contributed by atoms with Crippen molar-refractivity contribution in [1.82, 2.24) is 41.5 Å². The zero-order chi connectivity index (χ0) is 56.3. The number of para-hydroxylation sites is 1. The summed E-state index contributed by atoms with van der Waals surface area (Å²) in [5.74, 6) is -3.15. The Labute approximate surface area is 460 Å². The molecule has 3 atom stereocenters. The van der Waals surface area contributed by atoms with Gasteiger partial charge in [0, 0.05) is 82.3 Å². The van der Waals surface area contributed by atoms with E-state index in [4.69, 9.17) is 20.9 Å².